The van der Waals surface area contributed by atoms with Crippen LogP contribution in [0.2, 0.25) is 0 Å². The van der Waals surface area contributed by atoms with Gasteiger partial charge in [-0.05, 0) is 37.2 Å². The van der Waals surface area contributed by atoms with Crippen LogP contribution in [0.4, 0.5) is 5.69 Å². The molecule has 2 atom stereocenters. The first kappa shape index (κ1) is 20.7. The van der Waals surface area contributed by atoms with E-state index in [9.17, 15) is 9.59 Å². The van der Waals surface area contributed by atoms with Gasteiger partial charge in [-0.3, -0.25) is 4.90 Å². The predicted octanol–water partition coefficient (Wildman–Crippen LogP) is 1.75. The lowest BCUT2D eigenvalue weighted by Gasteiger charge is -2.32. The van der Waals surface area contributed by atoms with Crippen molar-refractivity contribution in [2.45, 2.75) is 24.9 Å². The molecule has 0 aliphatic carbocycles. The summed E-state index contributed by atoms with van der Waals surface area (Å²) in [6, 6.07) is 6.38. The van der Waals surface area contributed by atoms with Gasteiger partial charge in [0.15, 0.2) is 6.79 Å². The minimum atomic E-state index is -1.26. The molecule has 0 aromatic heterocycles. The van der Waals surface area contributed by atoms with Crippen molar-refractivity contribution >= 4 is 17.6 Å². The summed E-state index contributed by atoms with van der Waals surface area (Å²) in [6.07, 6.45) is 2.77. The fourth-order valence-corrected chi connectivity index (χ4v) is 3.91. The average Bonchev–Trinajstić information content (AvgIpc) is 3.04. The number of carbonyl (C=O) groups is 2. The molecule has 1 aromatic rings. The Morgan fingerprint density at radius 3 is 2.44 bits per heavy atom. The first-order valence-electron chi connectivity index (χ1n) is 8.54. The van der Waals surface area contributed by atoms with E-state index in [1.807, 2.05) is 6.07 Å². The Balaban J connectivity index is 0.000000279. The third-order valence-corrected chi connectivity index (χ3v) is 5.01. The van der Waals surface area contributed by atoms with Gasteiger partial charge in [-0.2, -0.15) is 0 Å². The molecule has 2 aliphatic heterocycles. The molecule has 1 fully saturated rings. The zero-order valence-electron chi connectivity index (χ0n) is 16.0. The van der Waals surface area contributed by atoms with Crippen molar-refractivity contribution in [3.63, 3.8) is 0 Å². The third kappa shape index (κ3) is 4.40. The molecule has 8 nitrogen and oxygen atoms in total. The summed E-state index contributed by atoms with van der Waals surface area (Å²) in [4.78, 5) is 23.9. The van der Waals surface area contributed by atoms with Gasteiger partial charge in [-0.1, -0.05) is 6.92 Å². The van der Waals surface area contributed by atoms with Crippen molar-refractivity contribution in [3.05, 3.63) is 35.9 Å². The molecule has 0 amide bonds. The fourth-order valence-electron chi connectivity index (χ4n) is 3.91. The smallest absolute Gasteiger partial charge is 0.328 e. The van der Waals surface area contributed by atoms with Crippen LogP contribution in [0.1, 0.15) is 18.9 Å². The predicted molar refractivity (Wildman–Crippen MR) is 100 cm³/mol. The topological polar surface area (TPSA) is 99.5 Å². The molecule has 8 heteroatoms. The Hall–Kier alpha value is -2.58. The van der Waals surface area contributed by atoms with Gasteiger partial charge in [0.2, 0.25) is 0 Å². The van der Waals surface area contributed by atoms with Crippen LogP contribution < -0.4 is 9.64 Å². The van der Waals surface area contributed by atoms with E-state index in [0.717, 1.165) is 12.3 Å². The molecule has 0 unspecified atom stereocenters. The monoisotopic (exact) mass is 378 g/mol. The zero-order valence-corrected chi connectivity index (χ0v) is 16.0. The molecule has 0 spiro atoms. The van der Waals surface area contributed by atoms with Gasteiger partial charge < -0.3 is 24.6 Å². The highest BCUT2D eigenvalue weighted by Gasteiger charge is 2.52. The van der Waals surface area contributed by atoms with Crippen molar-refractivity contribution in [1.82, 2.24) is 4.90 Å². The van der Waals surface area contributed by atoms with Gasteiger partial charge in [0, 0.05) is 44.0 Å². The van der Waals surface area contributed by atoms with E-state index < -0.39 is 11.9 Å². The number of likely N-dealkylation sites (tertiary alicyclic amines) is 1. The summed E-state index contributed by atoms with van der Waals surface area (Å²) in [5.74, 6) is -1.62. The second-order valence-electron chi connectivity index (χ2n) is 6.87. The molecular weight excluding hydrogens is 352 g/mol. The Bertz CT molecular complexity index is 719. The van der Waals surface area contributed by atoms with Crippen molar-refractivity contribution in [2.24, 2.45) is 0 Å². The number of anilines is 1. The Labute approximate surface area is 158 Å². The van der Waals surface area contributed by atoms with Gasteiger partial charge in [-0.15, -0.1) is 0 Å². The van der Waals surface area contributed by atoms with E-state index in [4.69, 9.17) is 19.7 Å². The van der Waals surface area contributed by atoms with Crippen LogP contribution in [0.25, 0.3) is 0 Å². The van der Waals surface area contributed by atoms with Gasteiger partial charge in [-0.25, -0.2) is 9.59 Å². The summed E-state index contributed by atoms with van der Waals surface area (Å²) in [7, 11) is 6.04. The van der Waals surface area contributed by atoms with Crippen LogP contribution in [0.15, 0.2) is 30.4 Å². The minimum absolute atomic E-state index is 0.200. The molecule has 0 saturated carbocycles. The highest BCUT2D eigenvalue weighted by molar-refractivity contribution is 5.89. The number of hydrogen-bond donors (Lipinski definition) is 2. The average molecular weight is 378 g/mol. The second-order valence-corrected chi connectivity index (χ2v) is 6.87. The van der Waals surface area contributed by atoms with Crippen molar-refractivity contribution < 1.29 is 29.3 Å². The van der Waals surface area contributed by atoms with Crippen LogP contribution >= 0.6 is 0 Å². The van der Waals surface area contributed by atoms with E-state index in [1.165, 1.54) is 17.7 Å². The van der Waals surface area contributed by atoms with Crippen LogP contribution in [0, 0.1) is 0 Å². The molecule has 2 heterocycles. The number of carboxylic acid groups (broad SMARTS) is 2. The van der Waals surface area contributed by atoms with Gasteiger partial charge in [0.05, 0.1) is 6.17 Å². The molecule has 2 aliphatic rings. The quantitative estimate of drug-likeness (QED) is 0.591. The standard InChI is InChI=1S/C15H22N2O2.C4H4O4/c1-15-7-8-16(2)14(15)17(3)13-6-5-11(9-12(13)15)19-10-18-4;5-3(6)1-2-4(7)8/h5-6,9,14H,7-8,10H2,1-4H3;1-2H,(H,5,6)(H,7,8)/t14-,15+;/m1./s1. The molecule has 1 aromatic carbocycles. The first-order valence-corrected chi connectivity index (χ1v) is 8.54. The van der Waals surface area contributed by atoms with E-state index in [2.05, 4.69) is 43.0 Å². The highest BCUT2D eigenvalue weighted by Crippen LogP contribution is 2.51. The summed E-state index contributed by atoms with van der Waals surface area (Å²) in [6.45, 7) is 3.81. The lowest BCUT2D eigenvalue weighted by atomic mass is 9.81. The van der Waals surface area contributed by atoms with Crippen LogP contribution in [0.5, 0.6) is 5.75 Å². The number of benzene rings is 1. The van der Waals surface area contributed by atoms with Gasteiger partial charge in [0.1, 0.15) is 5.75 Å². The largest absolute Gasteiger partial charge is 0.478 e. The van der Waals surface area contributed by atoms with Crippen LogP contribution in [0.3, 0.4) is 0 Å². The van der Waals surface area contributed by atoms with Crippen molar-refractivity contribution in [2.75, 3.05) is 39.4 Å². The first-order chi connectivity index (χ1) is 12.7. The number of ether oxygens (including phenoxy) is 2. The molecule has 1 saturated heterocycles. The Morgan fingerprint density at radius 2 is 1.89 bits per heavy atom. The highest BCUT2D eigenvalue weighted by atomic mass is 16.7. The van der Waals surface area contributed by atoms with Crippen LogP contribution in [-0.2, 0) is 19.7 Å². The lowest BCUT2D eigenvalue weighted by Crippen LogP contribution is -2.45. The molecular formula is C19H26N2O6. The number of rotatable bonds is 5. The zero-order chi connectivity index (χ0) is 20.2. The van der Waals surface area contributed by atoms with Crippen molar-refractivity contribution in [1.29, 1.82) is 0 Å². The molecule has 3 rings (SSSR count). The summed E-state index contributed by atoms with van der Waals surface area (Å²) >= 11 is 0. The second kappa shape index (κ2) is 8.41. The van der Waals surface area contributed by atoms with Gasteiger partial charge >= 0.3 is 11.9 Å². The van der Waals surface area contributed by atoms with Gasteiger partial charge in [0.25, 0.3) is 0 Å². The van der Waals surface area contributed by atoms with Crippen molar-refractivity contribution in [3.8, 4) is 5.75 Å². The number of hydrogen-bond acceptors (Lipinski definition) is 6. The SMILES string of the molecule is COCOc1ccc2c(c1)[C@]1(C)CCN(C)[C@@H]1N2C.O=C(O)C=CC(=O)O. The van der Waals surface area contributed by atoms with Crippen LogP contribution in [-0.4, -0.2) is 67.8 Å². The lowest BCUT2D eigenvalue weighted by molar-refractivity contribution is -0.134. The molecule has 27 heavy (non-hydrogen) atoms. The Kier molecular flexibility index (Phi) is 6.45. The maximum Gasteiger partial charge on any atom is 0.328 e. The number of carboxylic acids is 2. The number of nitrogens with zero attached hydrogens (tertiary/aromatic N) is 2. The fraction of sp³-hybridized carbons (Fsp3) is 0.474. The summed E-state index contributed by atoms with van der Waals surface area (Å²) in [5.41, 5.74) is 2.92. The number of methoxy groups -OCH3 is 1. The number of likely N-dealkylation sites (N-methyl/N-ethyl adjacent to an activating group) is 2. The normalized spacial score (nSPS) is 23.6. The van der Waals surface area contributed by atoms with E-state index in [1.54, 1.807) is 7.11 Å². The molecule has 2 N–H and O–H groups in total. The molecule has 0 bridgehead atoms. The van der Waals surface area contributed by atoms with E-state index in [-0.39, 0.29) is 5.41 Å². The summed E-state index contributed by atoms with van der Waals surface area (Å²) < 4.78 is 10.6. The van der Waals surface area contributed by atoms with E-state index in [0.29, 0.717) is 25.1 Å². The molecule has 0 radical (unpaired) electrons. The Morgan fingerprint density at radius 1 is 1.26 bits per heavy atom. The maximum atomic E-state index is 9.55. The maximum absolute atomic E-state index is 9.55. The number of fused-ring (bicyclic) bond motifs is 3. The number of aliphatic carboxylic acids is 2. The third-order valence-electron chi connectivity index (χ3n) is 5.01. The minimum Gasteiger partial charge on any atom is -0.478 e. The summed E-state index contributed by atoms with van der Waals surface area (Å²) in [5, 5.41) is 15.6. The molecule has 148 valence electrons. The van der Waals surface area contributed by atoms with E-state index >= 15 is 0 Å².